The van der Waals surface area contributed by atoms with Crippen LogP contribution >= 0.6 is 11.6 Å². The maximum Gasteiger partial charge on any atom is 0.236 e. The Kier molecular flexibility index (Phi) is 3.99. The molecule has 1 aromatic carbocycles. The molecule has 92 valence electrons. The molecule has 0 aliphatic carbocycles. The first-order valence-corrected chi connectivity index (χ1v) is 6.04. The maximum atomic E-state index is 11.3. The van der Waals surface area contributed by atoms with Gasteiger partial charge in [-0.1, -0.05) is 29.8 Å². The quantitative estimate of drug-likeness (QED) is 0.830. The number of nitrogens with two attached hydrogens (primary N) is 1. The van der Waals surface area contributed by atoms with E-state index in [0.29, 0.717) is 13.1 Å². The summed E-state index contributed by atoms with van der Waals surface area (Å²) in [6.45, 7) is 2.95. The highest BCUT2D eigenvalue weighted by molar-refractivity contribution is 6.31. The summed E-state index contributed by atoms with van der Waals surface area (Å²) >= 11 is 6.11. The van der Waals surface area contributed by atoms with Crippen molar-refractivity contribution in [2.75, 3.05) is 19.6 Å². The molecule has 1 amide bonds. The number of hydrogen-bond acceptors (Lipinski definition) is 3. The van der Waals surface area contributed by atoms with E-state index in [2.05, 4.69) is 10.2 Å². The van der Waals surface area contributed by atoms with Gasteiger partial charge in [0.25, 0.3) is 0 Å². The molecular formula is C12H16ClN3O. The van der Waals surface area contributed by atoms with Gasteiger partial charge in [-0.3, -0.25) is 9.69 Å². The molecule has 0 bridgehead atoms. The number of nitrogens with one attached hydrogen (secondary N) is 1. The van der Waals surface area contributed by atoms with Crippen molar-refractivity contribution in [3.05, 3.63) is 34.9 Å². The van der Waals surface area contributed by atoms with Crippen molar-refractivity contribution in [2.45, 2.75) is 12.6 Å². The van der Waals surface area contributed by atoms with Gasteiger partial charge in [-0.05, 0) is 11.6 Å². The summed E-state index contributed by atoms with van der Waals surface area (Å²) in [6, 6.07) is 7.43. The zero-order valence-corrected chi connectivity index (χ0v) is 10.3. The van der Waals surface area contributed by atoms with Gasteiger partial charge in [0, 0.05) is 31.2 Å². The first-order chi connectivity index (χ1) is 8.18. The Morgan fingerprint density at radius 1 is 1.53 bits per heavy atom. The number of benzene rings is 1. The van der Waals surface area contributed by atoms with Gasteiger partial charge in [0.05, 0.1) is 0 Å². The predicted molar refractivity (Wildman–Crippen MR) is 67.7 cm³/mol. The molecule has 0 aromatic heterocycles. The van der Waals surface area contributed by atoms with Gasteiger partial charge >= 0.3 is 0 Å². The van der Waals surface area contributed by atoms with Gasteiger partial charge < -0.3 is 11.1 Å². The van der Waals surface area contributed by atoms with Crippen molar-refractivity contribution in [2.24, 2.45) is 5.73 Å². The lowest BCUT2D eigenvalue weighted by molar-refractivity contribution is -0.124. The Hall–Kier alpha value is -1.10. The smallest absolute Gasteiger partial charge is 0.236 e. The number of carbonyl (C=O) groups is 1. The van der Waals surface area contributed by atoms with Crippen LogP contribution in [0.3, 0.4) is 0 Å². The highest BCUT2D eigenvalue weighted by Crippen LogP contribution is 2.18. The summed E-state index contributed by atoms with van der Waals surface area (Å²) in [5.41, 5.74) is 6.43. The minimum atomic E-state index is -0.288. The minimum absolute atomic E-state index is 0.250. The Bertz CT molecular complexity index is 410. The van der Waals surface area contributed by atoms with Crippen LogP contribution in [0.4, 0.5) is 0 Å². The van der Waals surface area contributed by atoms with Crippen LogP contribution in [0.15, 0.2) is 24.3 Å². The summed E-state index contributed by atoms with van der Waals surface area (Å²) in [4.78, 5) is 13.4. The van der Waals surface area contributed by atoms with Crippen LogP contribution in [0.2, 0.25) is 5.02 Å². The van der Waals surface area contributed by atoms with Crippen LogP contribution in [0.1, 0.15) is 5.56 Å². The number of amides is 1. The van der Waals surface area contributed by atoms with Gasteiger partial charge in [-0.25, -0.2) is 0 Å². The fourth-order valence-electron chi connectivity index (χ4n) is 2.06. The van der Waals surface area contributed by atoms with Crippen LogP contribution in [-0.2, 0) is 11.3 Å². The largest absolute Gasteiger partial charge is 0.368 e. The third kappa shape index (κ3) is 2.97. The molecule has 0 radical (unpaired) electrons. The van der Waals surface area contributed by atoms with Gasteiger partial charge in [0.2, 0.25) is 5.91 Å². The summed E-state index contributed by atoms with van der Waals surface area (Å²) in [7, 11) is 0. The molecule has 2 rings (SSSR count). The number of rotatable bonds is 3. The summed E-state index contributed by atoms with van der Waals surface area (Å²) in [5, 5.41) is 3.90. The molecular weight excluding hydrogens is 238 g/mol. The molecule has 5 heteroatoms. The zero-order valence-electron chi connectivity index (χ0n) is 9.53. The number of nitrogens with zero attached hydrogens (tertiary/aromatic N) is 1. The molecule has 0 spiro atoms. The predicted octanol–water partition coefficient (Wildman–Crippen LogP) is 0.599. The van der Waals surface area contributed by atoms with E-state index in [1.807, 2.05) is 24.3 Å². The molecule has 1 fully saturated rings. The van der Waals surface area contributed by atoms with Gasteiger partial charge in [-0.15, -0.1) is 0 Å². The second-order valence-electron chi connectivity index (χ2n) is 4.18. The molecule has 1 atom stereocenters. The Morgan fingerprint density at radius 3 is 3.00 bits per heavy atom. The van der Waals surface area contributed by atoms with Gasteiger partial charge in [0.15, 0.2) is 0 Å². The SMILES string of the molecule is NC(=O)C1CNCCN1Cc1ccccc1Cl. The van der Waals surface area contributed by atoms with Crippen LogP contribution in [-0.4, -0.2) is 36.5 Å². The van der Waals surface area contributed by atoms with Crippen molar-refractivity contribution in [3.63, 3.8) is 0 Å². The number of primary amides is 1. The van der Waals surface area contributed by atoms with Crippen molar-refractivity contribution >= 4 is 17.5 Å². The Morgan fingerprint density at radius 2 is 2.29 bits per heavy atom. The monoisotopic (exact) mass is 253 g/mol. The molecule has 0 saturated carbocycles. The number of halogens is 1. The van der Waals surface area contributed by atoms with Crippen molar-refractivity contribution in [1.29, 1.82) is 0 Å². The van der Waals surface area contributed by atoms with Gasteiger partial charge in [0.1, 0.15) is 6.04 Å². The summed E-state index contributed by atoms with van der Waals surface area (Å²) in [6.07, 6.45) is 0. The van der Waals surface area contributed by atoms with Crippen molar-refractivity contribution < 1.29 is 4.79 Å². The molecule has 1 unspecified atom stereocenters. The fraction of sp³-hybridized carbons (Fsp3) is 0.417. The zero-order chi connectivity index (χ0) is 12.3. The minimum Gasteiger partial charge on any atom is -0.368 e. The van der Waals surface area contributed by atoms with E-state index >= 15 is 0 Å². The first-order valence-electron chi connectivity index (χ1n) is 5.66. The van der Waals surface area contributed by atoms with Crippen LogP contribution in [0, 0.1) is 0 Å². The average Bonchev–Trinajstić information content (AvgIpc) is 2.32. The highest BCUT2D eigenvalue weighted by atomic mass is 35.5. The molecule has 1 aliphatic rings. The Labute approximate surface area is 106 Å². The van der Waals surface area contributed by atoms with Gasteiger partial charge in [-0.2, -0.15) is 0 Å². The molecule has 1 saturated heterocycles. The number of hydrogen-bond donors (Lipinski definition) is 2. The number of carbonyl (C=O) groups excluding carboxylic acids is 1. The van der Waals surface area contributed by atoms with Crippen molar-refractivity contribution in [1.82, 2.24) is 10.2 Å². The maximum absolute atomic E-state index is 11.3. The lowest BCUT2D eigenvalue weighted by Gasteiger charge is -2.34. The first kappa shape index (κ1) is 12.4. The molecule has 17 heavy (non-hydrogen) atoms. The second kappa shape index (κ2) is 5.49. The molecule has 1 aliphatic heterocycles. The Balaban J connectivity index is 2.11. The van der Waals surface area contributed by atoms with Crippen LogP contribution in [0.25, 0.3) is 0 Å². The van der Waals surface area contributed by atoms with E-state index in [1.165, 1.54) is 0 Å². The van der Waals surface area contributed by atoms with E-state index < -0.39 is 0 Å². The van der Waals surface area contributed by atoms with E-state index in [1.54, 1.807) is 0 Å². The molecule has 3 N–H and O–H groups in total. The normalized spacial score (nSPS) is 21.4. The fourth-order valence-corrected chi connectivity index (χ4v) is 2.26. The van der Waals surface area contributed by atoms with E-state index in [4.69, 9.17) is 17.3 Å². The van der Waals surface area contributed by atoms with E-state index in [-0.39, 0.29) is 11.9 Å². The second-order valence-corrected chi connectivity index (χ2v) is 4.59. The highest BCUT2D eigenvalue weighted by Gasteiger charge is 2.26. The lowest BCUT2D eigenvalue weighted by atomic mass is 10.1. The topological polar surface area (TPSA) is 58.4 Å². The summed E-state index contributed by atoms with van der Waals surface area (Å²) < 4.78 is 0. The van der Waals surface area contributed by atoms with Crippen LogP contribution in [0.5, 0.6) is 0 Å². The lowest BCUT2D eigenvalue weighted by Crippen LogP contribution is -2.56. The third-order valence-electron chi connectivity index (χ3n) is 3.01. The molecule has 1 aromatic rings. The summed E-state index contributed by atoms with van der Waals surface area (Å²) in [5.74, 6) is -0.288. The van der Waals surface area contributed by atoms with Crippen molar-refractivity contribution in [3.8, 4) is 0 Å². The number of piperazine rings is 1. The van der Waals surface area contributed by atoms with E-state index in [9.17, 15) is 4.79 Å². The third-order valence-corrected chi connectivity index (χ3v) is 3.38. The van der Waals surface area contributed by atoms with E-state index in [0.717, 1.165) is 23.7 Å². The standard InChI is InChI=1S/C12H16ClN3O/c13-10-4-2-1-3-9(10)8-16-6-5-15-7-11(16)12(14)17/h1-4,11,15H,5-8H2,(H2,14,17). The average molecular weight is 254 g/mol. The molecule has 4 nitrogen and oxygen atoms in total. The molecule has 1 heterocycles. The van der Waals surface area contributed by atoms with Crippen LogP contribution < -0.4 is 11.1 Å².